The second-order valence-corrected chi connectivity index (χ2v) is 17.9. The summed E-state index contributed by atoms with van der Waals surface area (Å²) in [7, 11) is 0. The lowest BCUT2D eigenvalue weighted by Gasteiger charge is -2.18. The zero-order valence-electron chi connectivity index (χ0n) is 42.0. The fourth-order valence-corrected chi connectivity index (χ4v) is 7.59. The van der Waals surface area contributed by atoms with Gasteiger partial charge in [0.15, 0.2) is 6.10 Å². The number of hydrogen-bond acceptors (Lipinski definition) is 6. The number of esters is 3. The van der Waals surface area contributed by atoms with Gasteiger partial charge in [-0.1, -0.05) is 273 Å². The molecule has 6 heteroatoms. The van der Waals surface area contributed by atoms with Crippen molar-refractivity contribution in [1.29, 1.82) is 0 Å². The lowest BCUT2D eigenvalue weighted by atomic mass is 10.0. The first-order valence-electron chi connectivity index (χ1n) is 27.0. The Balaban J connectivity index is 4.45. The van der Waals surface area contributed by atoms with Crippen LogP contribution >= 0.6 is 0 Å². The quantitative estimate of drug-likeness (QED) is 0.0262. The van der Waals surface area contributed by atoms with E-state index < -0.39 is 6.10 Å². The summed E-state index contributed by atoms with van der Waals surface area (Å²) >= 11 is 0. The lowest BCUT2D eigenvalue weighted by molar-refractivity contribution is -0.167. The molecular weight excluding hydrogens is 793 g/mol. The van der Waals surface area contributed by atoms with Crippen molar-refractivity contribution >= 4 is 17.9 Å². The van der Waals surface area contributed by atoms with E-state index in [1.54, 1.807) is 0 Å². The third-order valence-corrected chi connectivity index (χ3v) is 11.6. The molecule has 0 saturated heterocycles. The van der Waals surface area contributed by atoms with Crippen LogP contribution in [0.4, 0.5) is 0 Å². The molecule has 0 aromatic heterocycles. The zero-order valence-corrected chi connectivity index (χ0v) is 42.0. The van der Waals surface area contributed by atoms with Crippen molar-refractivity contribution in [2.75, 3.05) is 13.2 Å². The van der Waals surface area contributed by atoms with E-state index in [0.717, 1.165) is 70.6 Å². The number of allylic oxidation sites excluding steroid dienone is 12. The minimum atomic E-state index is -0.790. The van der Waals surface area contributed by atoms with Crippen LogP contribution in [0, 0.1) is 0 Å². The van der Waals surface area contributed by atoms with E-state index in [-0.39, 0.29) is 31.1 Å². The average Bonchev–Trinajstić information content (AvgIpc) is 3.29. The predicted molar refractivity (Wildman–Crippen MR) is 274 cm³/mol. The Morgan fingerprint density at radius 2 is 0.609 bits per heavy atom. The minimum absolute atomic E-state index is 0.0865. The van der Waals surface area contributed by atoms with Crippen molar-refractivity contribution < 1.29 is 28.6 Å². The van der Waals surface area contributed by atoms with Crippen LogP contribution in [0.3, 0.4) is 0 Å². The van der Waals surface area contributed by atoms with Crippen LogP contribution < -0.4 is 0 Å². The molecule has 0 N–H and O–H groups in total. The van der Waals surface area contributed by atoms with Gasteiger partial charge in [0.05, 0.1) is 0 Å². The summed E-state index contributed by atoms with van der Waals surface area (Å²) < 4.78 is 16.8. The summed E-state index contributed by atoms with van der Waals surface area (Å²) in [6, 6.07) is 0. The maximum absolute atomic E-state index is 12.8. The number of carbonyl (C=O) groups excluding carboxylic acids is 3. The Morgan fingerprint density at radius 3 is 0.953 bits per heavy atom. The van der Waals surface area contributed by atoms with Gasteiger partial charge in [-0.15, -0.1) is 0 Å². The fraction of sp³-hybridized carbons (Fsp3) is 0.741. The van der Waals surface area contributed by atoms with Crippen LogP contribution in [0.15, 0.2) is 72.9 Å². The largest absolute Gasteiger partial charge is 0.462 e. The molecule has 0 aromatic carbocycles. The molecule has 1 unspecified atom stereocenters. The number of hydrogen-bond donors (Lipinski definition) is 0. The smallest absolute Gasteiger partial charge is 0.306 e. The van der Waals surface area contributed by atoms with Crippen molar-refractivity contribution in [3.8, 4) is 0 Å². The van der Waals surface area contributed by atoms with Crippen molar-refractivity contribution in [2.45, 2.75) is 264 Å². The van der Waals surface area contributed by atoms with Gasteiger partial charge in [0.2, 0.25) is 0 Å². The van der Waals surface area contributed by atoms with E-state index in [2.05, 4.69) is 32.9 Å². The Hall–Kier alpha value is -3.15. The van der Waals surface area contributed by atoms with Gasteiger partial charge in [0, 0.05) is 19.3 Å². The van der Waals surface area contributed by atoms with Crippen LogP contribution in [0.2, 0.25) is 0 Å². The molecule has 0 aromatic rings. The van der Waals surface area contributed by atoms with Crippen LogP contribution in [0.5, 0.6) is 0 Å². The topological polar surface area (TPSA) is 78.9 Å². The molecule has 0 aliphatic carbocycles. The maximum atomic E-state index is 12.8. The van der Waals surface area contributed by atoms with Gasteiger partial charge < -0.3 is 14.2 Å². The highest BCUT2D eigenvalue weighted by atomic mass is 16.6. The van der Waals surface area contributed by atoms with E-state index in [1.807, 2.05) is 60.8 Å². The molecule has 0 aliphatic heterocycles. The SMILES string of the molecule is CC\C=C/C=C\C=C/C=C\C=C\C=C/CCCCCC(=O)OCC(COC(=O)CCCCCCCCCCCCCCC)OC(=O)CCCCCCCCCCCCCCCCCC. The summed E-state index contributed by atoms with van der Waals surface area (Å²) in [5.41, 5.74) is 0. The first-order chi connectivity index (χ1) is 31.5. The Morgan fingerprint density at radius 1 is 0.328 bits per heavy atom. The van der Waals surface area contributed by atoms with Gasteiger partial charge in [-0.3, -0.25) is 14.4 Å². The molecule has 0 fully saturated rings. The third kappa shape index (κ3) is 49.9. The fourth-order valence-electron chi connectivity index (χ4n) is 7.59. The van der Waals surface area contributed by atoms with Crippen molar-refractivity contribution in [3.05, 3.63) is 72.9 Å². The second-order valence-electron chi connectivity index (χ2n) is 17.9. The van der Waals surface area contributed by atoms with Gasteiger partial charge in [-0.2, -0.15) is 0 Å². The number of ether oxygens (including phenoxy) is 3. The Kier molecular flexibility index (Phi) is 49.9. The minimum Gasteiger partial charge on any atom is -0.462 e. The second kappa shape index (κ2) is 52.5. The summed E-state index contributed by atoms with van der Waals surface area (Å²) in [5.74, 6) is -0.923. The molecule has 64 heavy (non-hydrogen) atoms. The summed E-state index contributed by atoms with van der Waals surface area (Å²) in [6.45, 7) is 6.47. The van der Waals surface area contributed by atoms with Gasteiger partial charge in [-0.05, 0) is 38.5 Å². The summed E-state index contributed by atoms with van der Waals surface area (Å²) in [6.07, 6.45) is 65.9. The number of rotatable bonds is 48. The summed E-state index contributed by atoms with van der Waals surface area (Å²) in [5, 5.41) is 0. The highest BCUT2D eigenvalue weighted by Crippen LogP contribution is 2.16. The van der Waals surface area contributed by atoms with Crippen molar-refractivity contribution in [2.24, 2.45) is 0 Å². The molecule has 0 bridgehead atoms. The van der Waals surface area contributed by atoms with Gasteiger partial charge in [-0.25, -0.2) is 0 Å². The summed E-state index contributed by atoms with van der Waals surface area (Å²) in [4.78, 5) is 38.0. The molecule has 0 spiro atoms. The van der Waals surface area contributed by atoms with E-state index in [1.165, 1.54) is 148 Å². The van der Waals surface area contributed by atoms with Crippen LogP contribution in [0.25, 0.3) is 0 Å². The van der Waals surface area contributed by atoms with Crippen LogP contribution in [-0.2, 0) is 28.6 Å². The van der Waals surface area contributed by atoms with Crippen molar-refractivity contribution in [1.82, 2.24) is 0 Å². The van der Waals surface area contributed by atoms with Crippen LogP contribution in [-0.4, -0.2) is 37.2 Å². The normalized spacial score (nSPS) is 12.6. The highest BCUT2D eigenvalue weighted by molar-refractivity contribution is 5.71. The third-order valence-electron chi connectivity index (χ3n) is 11.6. The van der Waals surface area contributed by atoms with E-state index >= 15 is 0 Å². The van der Waals surface area contributed by atoms with Gasteiger partial charge in [0.25, 0.3) is 0 Å². The molecule has 368 valence electrons. The van der Waals surface area contributed by atoms with E-state index in [9.17, 15) is 14.4 Å². The molecule has 1 atom stereocenters. The molecule has 0 aliphatic rings. The molecular formula is C58H100O6. The molecule has 0 radical (unpaired) electrons. The molecule has 0 amide bonds. The Bertz CT molecular complexity index is 1210. The molecule has 6 nitrogen and oxygen atoms in total. The number of carbonyl (C=O) groups is 3. The monoisotopic (exact) mass is 893 g/mol. The van der Waals surface area contributed by atoms with Gasteiger partial charge in [0.1, 0.15) is 13.2 Å². The predicted octanol–water partition coefficient (Wildman–Crippen LogP) is 17.8. The standard InChI is InChI=1S/C58H100O6/c1-4-7-10-13-16-19-22-25-27-29-31-33-36-39-42-45-48-51-57(60)63-54-55(53-62-56(59)50-47-44-41-38-35-32-24-21-18-15-12-9-6-3)64-58(61)52-49-46-43-40-37-34-30-28-26-23-20-17-14-11-8-5-2/h7,10,13,16,19,22,25,27,29,31,33,36,55H,4-6,8-9,11-12,14-15,17-18,20-21,23-24,26,28,30,32,34-35,37-54H2,1-3H3/b10-7-,16-13-,22-19-,27-25-,31-29+,36-33-. The molecule has 0 saturated carbocycles. The highest BCUT2D eigenvalue weighted by Gasteiger charge is 2.19. The Labute approximate surface area is 395 Å². The van der Waals surface area contributed by atoms with E-state index in [0.29, 0.717) is 19.3 Å². The van der Waals surface area contributed by atoms with Crippen molar-refractivity contribution in [3.63, 3.8) is 0 Å². The first kappa shape index (κ1) is 60.9. The lowest BCUT2D eigenvalue weighted by Crippen LogP contribution is -2.30. The number of unbranched alkanes of at least 4 members (excludes halogenated alkanes) is 30. The zero-order chi connectivity index (χ0) is 46.5. The molecule has 0 rings (SSSR count). The van der Waals surface area contributed by atoms with E-state index in [4.69, 9.17) is 14.2 Å². The van der Waals surface area contributed by atoms with Gasteiger partial charge >= 0.3 is 17.9 Å². The molecule has 0 heterocycles. The maximum Gasteiger partial charge on any atom is 0.306 e. The average molecular weight is 893 g/mol. The first-order valence-corrected chi connectivity index (χ1v) is 27.0. The van der Waals surface area contributed by atoms with Crippen LogP contribution in [0.1, 0.15) is 258 Å².